The molecule has 0 heterocycles. The molecule has 3 nitrogen and oxygen atoms in total. The van der Waals surface area contributed by atoms with Gasteiger partial charge in [-0.05, 0) is 35.9 Å². The van der Waals surface area contributed by atoms with E-state index < -0.39 is 10.0 Å². The molecule has 0 radical (unpaired) electrons. The van der Waals surface area contributed by atoms with Crippen LogP contribution in [0.15, 0.2) is 57.9 Å². The smallest absolute Gasteiger partial charge is 0.207 e. The summed E-state index contributed by atoms with van der Waals surface area (Å²) in [5.74, 6) is -0.349. The van der Waals surface area contributed by atoms with Crippen LogP contribution in [0.4, 0.5) is 4.39 Å². The van der Waals surface area contributed by atoms with Gasteiger partial charge in [0.2, 0.25) is 10.0 Å². The van der Waals surface area contributed by atoms with Crippen molar-refractivity contribution >= 4 is 26.0 Å². The molecule has 6 heteroatoms. The van der Waals surface area contributed by atoms with E-state index >= 15 is 0 Å². The number of sulfonamides is 1. The lowest BCUT2D eigenvalue weighted by atomic mass is 10.2. The van der Waals surface area contributed by atoms with Crippen molar-refractivity contribution < 1.29 is 12.8 Å². The van der Waals surface area contributed by atoms with Crippen molar-refractivity contribution in [2.24, 2.45) is 0 Å². The Hall–Kier alpha value is -1.24. The average molecular weight is 344 g/mol. The first-order chi connectivity index (χ1) is 8.97. The van der Waals surface area contributed by atoms with Gasteiger partial charge in [-0.1, -0.05) is 34.1 Å². The number of nitrogens with one attached hydrogen (secondary N) is 1. The monoisotopic (exact) mass is 343 g/mol. The van der Waals surface area contributed by atoms with Crippen LogP contribution < -0.4 is 4.72 Å². The number of benzene rings is 2. The normalized spacial score (nSPS) is 11.5. The zero-order valence-corrected chi connectivity index (χ0v) is 12.2. The highest BCUT2D eigenvalue weighted by molar-refractivity contribution is 9.10. The summed E-state index contributed by atoms with van der Waals surface area (Å²) in [4.78, 5) is 0.184. The molecule has 0 saturated heterocycles. The minimum absolute atomic E-state index is 0.120. The predicted molar refractivity (Wildman–Crippen MR) is 74.6 cm³/mol. The van der Waals surface area contributed by atoms with Crippen molar-refractivity contribution in [3.8, 4) is 0 Å². The van der Waals surface area contributed by atoms with E-state index in [1.165, 1.54) is 24.3 Å². The van der Waals surface area contributed by atoms with Crippen molar-refractivity contribution in [3.63, 3.8) is 0 Å². The second kappa shape index (κ2) is 5.81. The third kappa shape index (κ3) is 3.86. The zero-order valence-electron chi connectivity index (χ0n) is 9.81. The fraction of sp³-hybridized carbons (Fsp3) is 0.0769. The molecular formula is C13H11BrFNO2S. The largest absolute Gasteiger partial charge is 0.240 e. The molecule has 0 fully saturated rings. The fourth-order valence-electron chi connectivity index (χ4n) is 1.50. The molecule has 0 saturated carbocycles. The summed E-state index contributed by atoms with van der Waals surface area (Å²) in [5, 5.41) is 0. The van der Waals surface area contributed by atoms with E-state index in [1.807, 2.05) is 0 Å². The fourth-order valence-corrected chi connectivity index (χ4v) is 3.11. The minimum Gasteiger partial charge on any atom is -0.207 e. The third-order valence-electron chi connectivity index (χ3n) is 2.49. The first kappa shape index (κ1) is 14.2. The molecular weight excluding hydrogens is 333 g/mol. The van der Waals surface area contributed by atoms with Crippen molar-refractivity contribution in [1.82, 2.24) is 4.72 Å². The maximum Gasteiger partial charge on any atom is 0.240 e. The summed E-state index contributed by atoms with van der Waals surface area (Å²) in [7, 11) is -3.56. The Morgan fingerprint density at radius 1 is 1.11 bits per heavy atom. The van der Waals surface area contributed by atoms with Gasteiger partial charge < -0.3 is 0 Å². The molecule has 0 aliphatic carbocycles. The summed E-state index contributed by atoms with van der Waals surface area (Å²) in [5.41, 5.74) is 0.694. The van der Waals surface area contributed by atoms with Crippen LogP contribution in [0, 0.1) is 5.82 Å². The average Bonchev–Trinajstić information content (AvgIpc) is 2.38. The van der Waals surface area contributed by atoms with Gasteiger partial charge in [0.15, 0.2) is 0 Å². The van der Waals surface area contributed by atoms with Gasteiger partial charge in [-0.2, -0.15) is 0 Å². The number of rotatable bonds is 4. The molecule has 2 rings (SSSR count). The van der Waals surface area contributed by atoms with Crippen molar-refractivity contribution in [2.75, 3.05) is 0 Å². The Bertz CT molecular complexity index is 671. The second-order valence-electron chi connectivity index (χ2n) is 3.91. The molecule has 2 aromatic rings. The van der Waals surface area contributed by atoms with Gasteiger partial charge in [-0.25, -0.2) is 17.5 Å². The maximum absolute atomic E-state index is 12.7. The van der Waals surface area contributed by atoms with Crippen LogP contribution in [0.1, 0.15) is 5.56 Å². The van der Waals surface area contributed by atoms with Gasteiger partial charge >= 0.3 is 0 Å². The van der Waals surface area contributed by atoms with Crippen LogP contribution in [0.2, 0.25) is 0 Å². The predicted octanol–water partition coefficient (Wildman–Crippen LogP) is 3.07. The van der Waals surface area contributed by atoms with E-state index in [2.05, 4.69) is 20.7 Å². The van der Waals surface area contributed by atoms with E-state index in [-0.39, 0.29) is 17.3 Å². The SMILES string of the molecule is O=S(=O)(NCc1ccc(F)cc1)c1cccc(Br)c1. The summed E-state index contributed by atoms with van der Waals surface area (Å²) < 4.78 is 39.9. The van der Waals surface area contributed by atoms with Crippen LogP contribution in [-0.4, -0.2) is 8.42 Å². The van der Waals surface area contributed by atoms with E-state index in [0.29, 0.717) is 10.0 Å². The van der Waals surface area contributed by atoms with Crippen LogP contribution in [0.3, 0.4) is 0 Å². The molecule has 1 N–H and O–H groups in total. The minimum atomic E-state index is -3.56. The van der Waals surface area contributed by atoms with Gasteiger partial charge in [0.05, 0.1) is 4.90 Å². The highest BCUT2D eigenvalue weighted by Gasteiger charge is 2.13. The Kier molecular flexibility index (Phi) is 4.34. The molecule has 0 spiro atoms. The highest BCUT2D eigenvalue weighted by Crippen LogP contribution is 2.16. The van der Waals surface area contributed by atoms with Gasteiger partial charge in [-0.3, -0.25) is 0 Å². The lowest BCUT2D eigenvalue weighted by Gasteiger charge is -2.07. The summed E-state index contributed by atoms with van der Waals surface area (Å²) in [6.07, 6.45) is 0. The highest BCUT2D eigenvalue weighted by atomic mass is 79.9. The number of hydrogen-bond acceptors (Lipinski definition) is 2. The van der Waals surface area contributed by atoms with Crippen LogP contribution in [0.5, 0.6) is 0 Å². The van der Waals surface area contributed by atoms with Gasteiger partial charge in [-0.15, -0.1) is 0 Å². The molecule has 0 unspecified atom stereocenters. The standard InChI is InChI=1S/C13H11BrFNO2S/c14-11-2-1-3-13(8-11)19(17,18)16-9-10-4-6-12(15)7-5-10/h1-8,16H,9H2. The molecule has 0 aliphatic heterocycles. The molecule has 0 amide bonds. The van der Waals surface area contributed by atoms with E-state index in [1.54, 1.807) is 24.3 Å². The Morgan fingerprint density at radius 3 is 2.42 bits per heavy atom. The third-order valence-corrected chi connectivity index (χ3v) is 4.38. The lowest BCUT2D eigenvalue weighted by Crippen LogP contribution is -2.23. The number of hydrogen-bond donors (Lipinski definition) is 1. The van der Waals surface area contributed by atoms with E-state index in [4.69, 9.17) is 0 Å². The van der Waals surface area contributed by atoms with Crippen LogP contribution in [0.25, 0.3) is 0 Å². The Morgan fingerprint density at radius 2 is 1.79 bits per heavy atom. The first-order valence-corrected chi connectivity index (χ1v) is 7.75. The summed E-state index contributed by atoms with van der Waals surface area (Å²) >= 11 is 3.22. The van der Waals surface area contributed by atoms with Crippen molar-refractivity contribution in [3.05, 3.63) is 64.4 Å². The topological polar surface area (TPSA) is 46.2 Å². The van der Waals surface area contributed by atoms with Crippen molar-refractivity contribution in [2.45, 2.75) is 11.4 Å². The molecule has 0 aromatic heterocycles. The summed E-state index contributed by atoms with van der Waals surface area (Å²) in [6.45, 7) is 0.120. The molecule has 2 aromatic carbocycles. The molecule has 0 aliphatic rings. The Labute approximate surface area is 119 Å². The lowest BCUT2D eigenvalue weighted by molar-refractivity contribution is 0.581. The molecule has 19 heavy (non-hydrogen) atoms. The van der Waals surface area contributed by atoms with Gasteiger partial charge in [0.25, 0.3) is 0 Å². The zero-order chi connectivity index (χ0) is 13.9. The molecule has 0 atom stereocenters. The molecule has 0 bridgehead atoms. The van der Waals surface area contributed by atoms with Gasteiger partial charge in [0.1, 0.15) is 5.82 Å². The molecule has 100 valence electrons. The quantitative estimate of drug-likeness (QED) is 0.927. The van der Waals surface area contributed by atoms with Crippen LogP contribution in [-0.2, 0) is 16.6 Å². The second-order valence-corrected chi connectivity index (χ2v) is 6.59. The van der Waals surface area contributed by atoms with E-state index in [0.717, 1.165) is 0 Å². The summed E-state index contributed by atoms with van der Waals surface area (Å²) in [6, 6.07) is 12.1. The van der Waals surface area contributed by atoms with E-state index in [9.17, 15) is 12.8 Å². The van der Waals surface area contributed by atoms with Crippen molar-refractivity contribution in [1.29, 1.82) is 0 Å². The van der Waals surface area contributed by atoms with Gasteiger partial charge in [0, 0.05) is 11.0 Å². The first-order valence-electron chi connectivity index (χ1n) is 5.47. The Balaban J connectivity index is 2.12. The number of halogens is 2. The van der Waals surface area contributed by atoms with Crippen LogP contribution >= 0.6 is 15.9 Å². The maximum atomic E-state index is 12.7.